The van der Waals surface area contributed by atoms with Gasteiger partial charge in [0.25, 0.3) is 17.2 Å². The highest BCUT2D eigenvalue weighted by Gasteiger charge is 2.23. The van der Waals surface area contributed by atoms with Gasteiger partial charge < -0.3 is 14.8 Å². The lowest BCUT2D eigenvalue weighted by Crippen LogP contribution is -2.48. The number of benzene rings is 2. The van der Waals surface area contributed by atoms with Gasteiger partial charge in [-0.2, -0.15) is 0 Å². The minimum Gasteiger partial charge on any atom is -0.368 e. The van der Waals surface area contributed by atoms with Gasteiger partial charge in [0.2, 0.25) is 0 Å². The van der Waals surface area contributed by atoms with Gasteiger partial charge in [0.15, 0.2) is 0 Å². The molecule has 0 aliphatic carbocycles. The molecule has 0 bridgehead atoms. The Morgan fingerprint density at radius 2 is 1.66 bits per heavy atom. The summed E-state index contributed by atoms with van der Waals surface area (Å²) in [5.74, 6) is -0.0880. The number of hydrogen-bond acceptors (Lipinski definition) is 7. The third-order valence-corrected chi connectivity index (χ3v) is 7.03. The fourth-order valence-corrected chi connectivity index (χ4v) is 4.98. The van der Waals surface area contributed by atoms with Gasteiger partial charge in [-0.25, -0.2) is 4.79 Å². The number of nitrogens with zero attached hydrogens (tertiary/aromatic N) is 4. The molecule has 1 fully saturated rings. The number of hydrogen-bond donors (Lipinski definition) is 1. The highest BCUT2D eigenvalue weighted by atomic mass is 32.1. The molecule has 3 heterocycles. The number of fused-ring (bicyclic) bond motifs is 1. The third-order valence-electron chi connectivity index (χ3n) is 6.13. The average molecular weight is 492 g/mol. The molecule has 10 nitrogen and oxygen atoms in total. The predicted octanol–water partition coefficient (Wildman–Crippen LogP) is 2.67. The van der Waals surface area contributed by atoms with Crippen molar-refractivity contribution in [2.45, 2.75) is 6.54 Å². The van der Waals surface area contributed by atoms with E-state index >= 15 is 0 Å². The molecule has 0 spiro atoms. The Bertz CT molecular complexity index is 1510. The number of anilines is 1. The molecule has 35 heavy (non-hydrogen) atoms. The highest BCUT2D eigenvalue weighted by molar-refractivity contribution is 7.17. The average Bonchev–Trinajstić information content (AvgIpc) is 3.35. The maximum absolute atomic E-state index is 13.0. The number of H-pyrrole nitrogens is 1. The second kappa shape index (κ2) is 9.18. The van der Waals surface area contributed by atoms with Gasteiger partial charge in [0.05, 0.1) is 17.0 Å². The van der Waals surface area contributed by atoms with E-state index < -0.39 is 10.6 Å². The number of rotatable bonds is 5. The first-order valence-electron chi connectivity index (χ1n) is 11.0. The zero-order valence-corrected chi connectivity index (χ0v) is 19.4. The number of nitro benzene ring substituents is 1. The van der Waals surface area contributed by atoms with Crippen molar-refractivity contribution in [3.63, 3.8) is 0 Å². The summed E-state index contributed by atoms with van der Waals surface area (Å²) in [5.41, 5.74) is 1.96. The number of amides is 1. The van der Waals surface area contributed by atoms with E-state index in [-0.39, 0.29) is 23.7 Å². The van der Waals surface area contributed by atoms with Crippen molar-refractivity contribution < 1.29 is 9.72 Å². The quantitative estimate of drug-likeness (QED) is 0.338. The molecule has 0 radical (unpaired) electrons. The summed E-state index contributed by atoms with van der Waals surface area (Å²) >= 11 is 1.29. The number of nitrogens with one attached hydrogen (secondary N) is 1. The predicted molar refractivity (Wildman–Crippen MR) is 133 cm³/mol. The molecular formula is C24H21N5O5S. The van der Waals surface area contributed by atoms with Crippen LogP contribution in [0.3, 0.4) is 0 Å². The highest BCUT2D eigenvalue weighted by Crippen LogP contribution is 2.21. The normalized spacial score (nSPS) is 13.8. The molecule has 1 N–H and O–H groups in total. The number of nitro groups is 1. The molecule has 11 heteroatoms. The molecule has 0 atom stereocenters. The van der Waals surface area contributed by atoms with Crippen LogP contribution in [0, 0.1) is 10.1 Å². The van der Waals surface area contributed by atoms with Crippen molar-refractivity contribution in [1.29, 1.82) is 0 Å². The van der Waals surface area contributed by atoms with Gasteiger partial charge in [-0.1, -0.05) is 12.1 Å². The lowest BCUT2D eigenvalue weighted by molar-refractivity contribution is -0.384. The summed E-state index contributed by atoms with van der Waals surface area (Å²) in [4.78, 5) is 54.9. The van der Waals surface area contributed by atoms with Crippen LogP contribution in [-0.2, 0) is 6.54 Å². The second-order valence-corrected chi connectivity index (χ2v) is 9.15. The molecule has 1 amide bonds. The number of aromatic amines is 1. The lowest BCUT2D eigenvalue weighted by atomic mass is 10.1. The minimum atomic E-state index is -0.466. The standard InChI is InChI=1S/C24H21N5O5S/c30-22(27-12-10-26(11-13-27)18-5-7-19(8-6-18)29(33)34)17-3-1-16(2-4-17)15-28-23(31)21-20(9-14-35-21)25-24(28)32/h1-9,14H,10-13,15H2,(H,25,32). The van der Waals surface area contributed by atoms with Crippen molar-refractivity contribution >= 4 is 38.8 Å². The Balaban J connectivity index is 1.23. The smallest absolute Gasteiger partial charge is 0.329 e. The Morgan fingerprint density at radius 1 is 0.971 bits per heavy atom. The van der Waals surface area contributed by atoms with Crippen LogP contribution >= 0.6 is 11.3 Å². The molecule has 2 aromatic carbocycles. The fraction of sp³-hybridized carbons (Fsp3) is 0.208. The summed E-state index contributed by atoms with van der Waals surface area (Å²) in [5, 5.41) is 12.6. The SMILES string of the molecule is O=C(c1ccc(Cn2c(=O)[nH]c3ccsc3c2=O)cc1)N1CCN(c2ccc([N+](=O)[O-])cc2)CC1. The molecule has 178 valence electrons. The zero-order valence-electron chi connectivity index (χ0n) is 18.5. The number of carbonyl (C=O) groups excluding carboxylic acids is 1. The van der Waals surface area contributed by atoms with Crippen molar-refractivity contribution in [3.8, 4) is 0 Å². The van der Waals surface area contributed by atoms with E-state index in [2.05, 4.69) is 9.88 Å². The molecular weight excluding hydrogens is 470 g/mol. The van der Waals surface area contributed by atoms with E-state index in [1.807, 2.05) is 0 Å². The van der Waals surface area contributed by atoms with Crippen LogP contribution in [0.4, 0.5) is 11.4 Å². The third kappa shape index (κ3) is 4.45. The second-order valence-electron chi connectivity index (χ2n) is 8.23. The maximum Gasteiger partial charge on any atom is 0.329 e. The Labute approximate surface area is 202 Å². The monoisotopic (exact) mass is 491 g/mol. The van der Waals surface area contributed by atoms with Crippen molar-refractivity contribution in [1.82, 2.24) is 14.5 Å². The zero-order chi connectivity index (χ0) is 24.5. The van der Waals surface area contributed by atoms with Gasteiger partial charge in [-0.05, 0) is 41.3 Å². The Morgan fingerprint density at radius 3 is 2.31 bits per heavy atom. The van der Waals surface area contributed by atoms with E-state index in [9.17, 15) is 24.5 Å². The molecule has 1 saturated heterocycles. The minimum absolute atomic E-state index is 0.0487. The summed E-state index contributed by atoms with van der Waals surface area (Å²) in [6.07, 6.45) is 0. The number of thiophene rings is 1. The molecule has 1 aliphatic rings. The number of carbonyl (C=O) groups is 1. The van der Waals surface area contributed by atoms with Crippen molar-refractivity contribution in [2.75, 3.05) is 31.1 Å². The first-order valence-corrected chi connectivity index (χ1v) is 11.9. The van der Waals surface area contributed by atoms with Crippen LogP contribution < -0.4 is 16.1 Å². The molecule has 5 rings (SSSR count). The van der Waals surface area contributed by atoms with Gasteiger partial charge in [-0.3, -0.25) is 24.3 Å². The van der Waals surface area contributed by atoms with Crippen molar-refractivity contribution in [3.05, 3.63) is 102 Å². The van der Waals surface area contributed by atoms with E-state index in [1.54, 1.807) is 52.7 Å². The van der Waals surface area contributed by atoms with Crippen LogP contribution in [0.5, 0.6) is 0 Å². The van der Waals surface area contributed by atoms with Crippen LogP contribution in [0.25, 0.3) is 10.2 Å². The van der Waals surface area contributed by atoms with Gasteiger partial charge in [-0.15, -0.1) is 11.3 Å². The summed E-state index contributed by atoms with van der Waals surface area (Å²) in [6.45, 7) is 2.42. The Kier molecular flexibility index (Phi) is 5.91. The summed E-state index contributed by atoms with van der Waals surface area (Å²) in [6, 6.07) is 15.0. The van der Waals surface area contributed by atoms with E-state index in [0.29, 0.717) is 42.0 Å². The first-order chi connectivity index (χ1) is 16.9. The molecule has 4 aromatic rings. The van der Waals surface area contributed by atoms with Crippen LogP contribution in [0.2, 0.25) is 0 Å². The van der Waals surface area contributed by atoms with Crippen LogP contribution in [0.15, 0.2) is 69.6 Å². The first kappa shape index (κ1) is 22.5. The largest absolute Gasteiger partial charge is 0.368 e. The number of non-ortho nitro benzene ring substituents is 1. The summed E-state index contributed by atoms with van der Waals surface area (Å²) in [7, 11) is 0. The number of aromatic nitrogens is 2. The van der Waals surface area contributed by atoms with Crippen LogP contribution in [0.1, 0.15) is 15.9 Å². The van der Waals surface area contributed by atoms with Crippen molar-refractivity contribution in [2.24, 2.45) is 0 Å². The van der Waals surface area contributed by atoms with Gasteiger partial charge in [0.1, 0.15) is 4.70 Å². The van der Waals surface area contributed by atoms with Gasteiger partial charge >= 0.3 is 5.69 Å². The maximum atomic E-state index is 13.0. The van der Waals surface area contributed by atoms with Crippen LogP contribution in [-0.4, -0.2) is 51.5 Å². The van der Waals surface area contributed by atoms with E-state index in [0.717, 1.165) is 15.8 Å². The number of piperazine rings is 1. The topological polar surface area (TPSA) is 122 Å². The summed E-state index contributed by atoms with van der Waals surface area (Å²) < 4.78 is 1.66. The van der Waals surface area contributed by atoms with Gasteiger partial charge in [0, 0.05) is 49.6 Å². The molecule has 0 saturated carbocycles. The fourth-order valence-electron chi connectivity index (χ4n) is 4.19. The molecule has 2 aromatic heterocycles. The molecule has 1 aliphatic heterocycles. The Hall–Kier alpha value is -4.25. The lowest BCUT2D eigenvalue weighted by Gasteiger charge is -2.36. The van der Waals surface area contributed by atoms with E-state index in [4.69, 9.17) is 0 Å². The van der Waals surface area contributed by atoms with E-state index in [1.165, 1.54) is 23.5 Å². The molecule has 0 unspecified atom stereocenters.